The molecule has 2 aromatic heterocycles. The van der Waals surface area contributed by atoms with Crippen LogP contribution in [-0.2, 0) is 0 Å². The topological polar surface area (TPSA) is 42.0 Å². The van der Waals surface area contributed by atoms with Gasteiger partial charge in [-0.2, -0.15) is 0 Å². The largest absolute Gasteiger partial charge is 0.297 e. The Bertz CT molecular complexity index is 715. The summed E-state index contributed by atoms with van der Waals surface area (Å²) in [5, 5.41) is 7.22. The molecule has 0 aliphatic carbocycles. The van der Waals surface area contributed by atoms with Gasteiger partial charge in [0.1, 0.15) is 4.88 Å². The fourth-order valence-electron chi connectivity index (χ4n) is 1.88. The molecule has 0 bridgehead atoms. The van der Waals surface area contributed by atoms with Gasteiger partial charge in [0, 0.05) is 17.1 Å². The molecule has 0 unspecified atom stereocenters. The third-order valence-corrected chi connectivity index (χ3v) is 4.49. The maximum atomic E-state index is 12.3. The fraction of sp³-hybridized carbons (Fsp3) is 0.0667. The molecule has 0 saturated heterocycles. The van der Waals surface area contributed by atoms with E-state index in [4.69, 9.17) is 0 Å². The highest BCUT2D eigenvalue weighted by Gasteiger charge is 2.15. The summed E-state index contributed by atoms with van der Waals surface area (Å²) in [5.41, 5.74) is 3.22. The van der Waals surface area contributed by atoms with E-state index in [0.717, 1.165) is 11.1 Å². The van der Waals surface area contributed by atoms with E-state index in [-0.39, 0.29) is 5.91 Å². The number of hydrogen-bond acceptors (Lipinski definition) is 4. The fourth-order valence-corrected chi connectivity index (χ4v) is 3.22. The van der Waals surface area contributed by atoms with E-state index in [2.05, 4.69) is 22.4 Å². The van der Waals surface area contributed by atoms with Crippen LogP contribution >= 0.6 is 22.7 Å². The highest BCUT2D eigenvalue weighted by Crippen LogP contribution is 2.29. The average molecular weight is 300 g/mol. The van der Waals surface area contributed by atoms with Crippen molar-refractivity contribution in [3.8, 4) is 11.1 Å². The number of aromatic nitrogens is 1. The zero-order valence-electron chi connectivity index (χ0n) is 10.8. The van der Waals surface area contributed by atoms with E-state index in [1.54, 1.807) is 6.20 Å². The van der Waals surface area contributed by atoms with Crippen molar-refractivity contribution in [1.82, 2.24) is 4.98 Å². The number of amides is 1. The van der Waals surface area contributed by atoms with Crippen LogP contribution < -0.4 is 5.32 Å². The van der Waals surface area contributed by atoms with Gasteiger partial charge in [-0.15, -0.1) is 22.7 Å². The van der Waals surface area contributed by atoms with Crippen molar-refractivity contribution in [1.29, 1.82) is 0 Å². The molecule has 1 amide bonds. The van der Waals surface area contributed by atoms with Crippen LogP contribution in [0.2, 0.25) is 0 Å². The van der Waals surface area contributed by atoms with E-state index < -0.39 is 0 Å². The first-order valence-corrected chi connectivity index (χ1v) is 7.85. The third-order valence-electron chi connectivity index (χ3n) is 2.89. The van der Waals surface area contributed by atoms with Crippen molar-refractivity contribution >= 4 is 33.7 Å². The second kappa shape index (κ2) is 5.56. The minimum Gasteiger partial charge on any atom is -0.297 e. The van der Waals surface area contributed by atoms with E-state index >= 15 is 0 Å². The summed E-state index contributed by atoms with van der Waals surface area (Å²) >= 11 is 2.86. The van der Waals surface area contributed by atoms with Crippen molar-refractivity contribution < 1.29 is 4.79 Å². The first-order valence-electron chi connectivity index (χ1n) is 6.09. The maximum Gasteiger partial charge on any atom is 0.268 e. The lowest BCUT2D eigenvalue weighted by molar-refractivity contribution is 0.103. The number of thiophene rings is 1. The van der Waals surface area contributed by atoms with Crippen LogP contribution in [0.15, 0.2) is 47.3 Å². The molecule has 5 heteroatoms. The zero-order chi connectivity index (χ0) is 13.9. The van der Waals surface area contributed by atoms with E-state index in [0.29, 0.717) is 10.0 Å². The van der Waals surface area contributed by atoms with E-state index in [1.165, 1.54) is 28.2 Å². The van der Waals surface area contributed by atoms with Crippen LogP contribution in [0.1, 0.15) is 15.2 Å². The Morgan fingerprint density at radius 1 is 1.10 bits per heavy atom. The number of nitrogens with one attached hydrogen (secondary N) is 1. The maximum absolute atomic E-state index is 12.3. The highest BCUT2D eigenvalue weighted by molar-refractivity contribution is 7.14. The molecule has 3 aromatic rings. The van der Waals surface area contributed by atoms with Gasteiger partial charge in [0.25, 0.3) is 5.91 Å². The monoisotopic (exact) mass is 300 g/mol. The van der Waals surface area contributed by atoms with Gasteiger partial charge in [-0.3, -0.25) is 10.1 Å². The molecule has 0 aliphatic rings. The van der Waals surface area contributed by atoms with Gasteiger partial charge in [-0.1, -0.05) is 29.8 Å². The van der Waals surface area contributed by atoms with Crippen LogP contribution in [0.3, 0.4) is 0 Å². The second-order valence-corrected chi connectivity index (χ2v) is 6.13. The summed E-state index contributed by atoms with van der Waals surface area (Å²) in [6.45, 7) is 2.05. The average Bonchev–Trinajstić information content (AvgIpc) is 3.10. The van der Waals surface area contributed by atoms with Crippen LogP contribution in [0.25, 0.3) is 11.1 Å². The molecule has 1 N–H and O–H groups in total. The molecule has 3 nitrogen and oxygen atoms in total. The summed E-state index contributed by atoms with van der Waals surface area (Å²) in [4.78, 5) is 17.1. The first kappa shape index (κ1) is 13.0. The molecular weight excluding hydrogens is 288 g/mol. The predicted molar refractivity (Wildman–Crippen MR) is 84.6 cm³/mol. The quantitative estimate of drug-likeness (QED) is 0.777. The Morgan fingerprint density at radius 2 is 1.90 bits per heavy atom. The molecule has 0 fully saturated rings. The van der Waals surface area contributed by atoms with Crippen LogP contribution in [0, 0.1) is 6.92 Å². The summed E-state index contributed by atoms with van der Waals surface area (Å²) in [6.07, 6.45) is 1.68. The number of carbonyl (C=O) groups is 1. The van der Waals surface area contributed by atoms with Gasteiger partial charge in [0.15, 0.2) is 5.13 Å². The minimum atomic E-state index is -0.106. The third kappa shape index (κ3) is 2.64. The molecular formula is C15H12N2OS2. The van der Waals surface area contributed by atoms with Crippen molar-refractivity contribution in [2.75, 3.05) is 5.32 Å². The summed E-state index contributed by atoms with van der Waals surface area (Å²) in [6, 6.07) is 10.2. The molecule has 0 atom stereocenters. The smallest absolute Gasteiger partial charge is 0.268 e. The number of hydrogen-bond donors (Lipinski definition) is 1. The summed E-state index contributed by atoms with van der Waals surface area (Å²) in [5.74, 6) is -0.106. The zero-order valence-corrected chi connectivity index (χ0v) is 12.4. The Balaban J connectivity index is 1.90. The molecule has 0 spiro atoms. The Morgan fingerprint density at radius 3 is 2.60 bits per heavy atom. The number of aryl methyl sites for hydroxylation is 1. The SMILES string of the molecule is Cc1ccc(-c2ccsc2C(=O)Nc2nccs2)cc1. The van der Waals surface area contributed by atoms with Gasteiger partial charge in [-0.25, -0.2) is 4.98 Å². The molecule has 0 radical (unpaired) electrons. The number of anilines is 1. The number of thiazole rings is 1. The van der Waals surface area contributed by atoms with Crippen LogP contribution in [-0.4, -0.2) is 10.9 Å². The molecule has 100 valence electrons. The molecule has 1 aromatic carbocycles. The van der Waals surface area contributed by atoms with Gasteiger partial charge < -0.3 is 0 Å². The molecule has 2 heterocycles. The van der Waals surface area contributed by atoms with Crippen LogP contribution in [0.4, 0.5) is 5.13 Å². The first-order chi connectivity index (χ1) is 9.74. The van der Waals surface area contributed by atoms with Crippen molar-refractivity contribution in [3.05, 3.63) is 57.7 Å². The number of benzene rings is 1. The normalized spacial score (nSPS) is 10.4. The summed E-state index contributed by atoms with van der Waals surface area (Å²) < 4.78 is 0. The van der Waals surface area contributed by atoms with E-state index in [1.807, 2.05) is 35.9 Å². The Hall–Kier alpha value is -1.98. The molecule has 0 saturated carbocycles. The van der Waals surface area contributed by atoms with Gasteiger partial charge in [0.05, 0.1) is 0 Å². The number of rotatable bonds is 3. The lowest BCUT2D eigenvalue weighted by atomic mass is 10.0. The second-order valence-electron chi connectivity index (χ2n) is 4.32. The minimum absolute atomic E-state index is 0.106. The lowest BCUT2D eigenvalue weighted by Gasteiger charge is -2.04. The predicted octanol–water partition coefficient (Wildman–Crippen LogP) is 4.43. The Labute approximate surface area is 124 Å². The standard InChI is InChI=1S/C15H12N2OS2/c1-10-2-4-11(5-3-10)12-6-8-19-13(12)14(18)17-15-16-7-9-20-15/h2-9H,1H3,(H,16,17,18). The van der Waals surface area contributed by atoms with Gasteiger partial charge in [0.2, 0.25) is 0 Å². The highest BCUT2D eigenvalue weighted by atomic mass is 32.1. The Kier molecular flexibility index (Phi) is 3.62. The summed E-state index contributed by atoms with van der Waals surface area (Å²) in [7, 11) is 0. The number of nitrogens with zero attached hydrogens (tertiary/aromatic N) is 1. The van der Waals surface area contributed by atoms with Crippen molar-refractivity contribution in [2.24, 2.45) is 0 Å². The van der Waals surface area contributed by atoms with Gasteiger partial charge in [-0.05, 0) is 23.9 Å². The van der Waals surface area contributed by atoms with Gasteiger partial charge >= 0.3 is 0 Å². The van der Waals surface area contributed by atoms with E-state index in [9.17, 15) is 4.79 Å². The number of carbonyl (C=O) groups excluding carboxylic acids is 1. The lowest BCUT2D eigenvalue weighted by Crippen LogP contribution is -2.10. The molecule has 0 aliphatic heterocycles. The molecule has 3 rings (SSSR count). The molecule has 20 heavy (non-hydrogen) atoms. The van der Waals surface area contributed by atoms with Crippen molar-refractivity contribution in [2.45, 2.75) is 6.92 Å². The van der Waals surface area contributed by atoms with Crippen LogP contribution in [0.5, 0.6) is 0 Å². The van der Waals surface area contributed by atoms with Crippen molar-refractivity contribution in [3.63, 3.8) is 0 Å².